The standard InChI is InChI=1S/C31H22F4N4O4/c1-42-27-15-19(13-14-26(27)43-18-28(40)37-25-12-5-3-10-23(25)32)17-36-39-29(20-7-6-8-21(16-20)31(33,34)35)38-24-11-4-2-9-22(24)30(39)41/h2-17H,18H2,1H3,(H,37,40). The van der Waals surface area contributed by atoms with Crippen LogP contribution >= 0.6 is 0 Å². The molecular formula is C31H22F4N4O4. The van der Waals surface area contributed by atoms with Crippen molar-refractivity contribution in [2.45, 2.75) is 6.18 Å². The van der Waals surface area contributed by atoms with Crippen LogP contribution in [0.3, 0.4) is 0 Å². The first-order chi connectivity index (χ1) is 20.6. The normalized spacial score (nSPS) is 11.6. The number of fused-ring (bicyclic) bond motifs is 1. The molecule has 218 valence electrons. The van der Waals surface area contributed by atoms with Gasteiger partial charge < -0.3 is 14.8 Å². The topological polar surface area (TPSA) is 94.8 Å². The van der Waals surface area contributed by atoms with Gasteiger partial charge in [-0.2, -0.15) is 22.9 Å². The Morgan fingerprint density at radius 2 is 1.74 bits per heavy atom. The van der Waals surface area contributed by atoms with Crippen molar-refractivity contribution in [3.05, 3.63) is 118 Å². The molecule has 8 nitrogen and oxygen atoms in total. The molecular weight excluding hydrogens is 568 g/mol. The number of carbonyl (C=O) groups is 1. The Bertz CT molecular complexity index is 1900. The van der Waals surface area contributed by atoms with Crippen LogP contribution in [0, 0.1) is 5.82 Å². The van der Waals surface area contributed by atoms with Gasteiger partial charge in [-0.1, -0.05) is 36.4 Å². The number of nitrogens with zero attached hydrogens (tertiary/aromatic N) is 3. The zero-order valence-electron chi connectivity index (χ0n) is 22.4. The predicted molar refractivity (Wildman–Crippen MR) is 153 cm³/mol. The fourth-order valence-electron chi connectivity index (χ4n) is 4.15. The maximum atomic E-state index is 13.8. The van der Waals surface area contributed by atoms with Gasteiger partial charge in [-0.15, -0.1) is 0 Å². The van der Waals surface area contributed by atoms with Gasteiger partial charge in [0.25, 0.3) is 11.5 Å². The van der Waals surface area contributed by atoms with E-state index in [1.165, 1.54) is 55.8 Å². The average molecular weight is 591 g/mol. The van der Waals surface area contributed by atoms with Crippen LogP contribution in [-0.2, 0) is 11.0 Å². The second-order valence-corrected chi connectivity index (χ2v) is 9.12. The minimum Gasteiger partial charge on any atom is -0.493 e. The number of amides is 1. The average Bonchev–Trinajstić information content (AvgIpc) is 3.00. The highest BCUT2D eigenvalue weighted by molar-refractivity contribution is 5.92. The third-order valence-corrected chi connectivity index (χ3v) is 6.22. The van der Waals surface area contributed by atoms with E-state index in [0.29, 0.717) is 11.1 Å². The summed E-state index contributed by atoms with van der Waals surface area (Å²) in [5.74, 6) is -0.835. The van der Waals surface area contributed by atoms with Crippen molar-refractivity contribution < 1.29 is 31.8 Å². The quantitative estimate of drug-likeness (QED) is 0.173. The third kappa shape index (κ3) is 6.53. The number of methoxy groups -OCH3 is 1. The number of para-hydroxylation sites is 2. The van der Waals surface area contributed by atoms with Crippen molar-refractivity contribution in [1.82, 2.24) is 9.66 Å². The summed E-state index contributed by atoms with van der Waals surface area (Å²) in [5.41, 5.74) is -0.682. The SMILES string of the molecule is COc1cc(C=Nn2c(-c3cccc(C(F)(F)F)c3)nc3ccccc3c2=O)ccc1OCC(=O)Nc1ccccc1F. The smallest absolute Gasteiger partial charge is 0.416 e. The second-order valence-electron chi connectivity index (χ2n) is 9.12. The summed E-state index contributed by atoms with van der Waals surface area (Å²) in [5, 5.41) is 6.91. The van der Waals surface area contributed by atoms with Gasteiger partial charge >= 0.3 is 6.18 Å². The van der Waals surface area contributed by atoms with E-state index in [9.17, 15) is 27.2 Å². The molecule has 0 aliphatic heterocycles. The maximum absolute atomic E-state index is 13.8. The van der Waals surface area contributed by atoms with Crippen molar-refractivity contribution in [3.8, 4) is 22.9 Å². The van der Waals surface area contributed by atoms with E-state index in [4.69, 9.17) is 9.47 Å². The first kappa shape index (κ1) is 29.0. The predicted octanol–water partition coefficient (Wildman–Crippen LogP) is 6.13. The van der Waals surface area contributed by atoms with Crippen LogP contribution in [0.2, 0.25) is 0 Å². The lowest BCUT2D eigenvalue weighted by Gasteiger charge is -2.13. The number of alkyl halides is 3. The Hall–Kier alpha value is -5.52. The lowest BCUT2D eigenvalue weighted by atomic mass is 10.1. The Morgan fingerprint density at radius 1 is 0.977 bits per heavy atom. The summed E-state index contributed by atoms with van der Waals surface area (Å²) in [4.78, 5) is 30.1. The second kappa shape index (κ2) is 12.1. The first-order valence-electron chi connectivity index (χ1n) is 12.7. The molecule has 4 aromatic carbocycles. The van der Waals surface area contributed by atoms with Gasteiger partial charge in [0.1, 0.15) is 5.82 Å². The molecule has 0 saturated carbocycles. The summed E-state index contributed by atoms with van der Waals surface area (Å²) in [6.07, 6.45) is -3.29. The molecule has 1 aromatic heterocycles. The fraction of sp³-hybridized carbons (Fsp3) is 0.0968. The Balaban J connectivity index is 1.44. The molecule has 1 amide bonds. The number of nitrogens with one attached hydrogen (secondary N) is 1. The monoisotopic (exact) mass is 590 g/mol. The van der Waals surface area contributed by atoms with E-state index >= 15 is 0 Å². The van der Waals surface area contributed by atoms with Crippen LogP contribution in [0.1, 0.15) is 11.1 Å². The molecule has 0 aliphatic rings. The van der Waals surface area contributed by atoms with Crippen LogP contribution < -0.4 is 20.3 Å². The number of aromatic nitrogens is 2. The number of benzene rings is 4. The molecule has 0 atom stereocenters. The van der Waals surface area contributed by atoms with Crippen LogP contribution in [0.25, 0.3) is 22.3 Å². The van der Waals surface area contributed by atoms with Gasteiger partial charge in [0, 0.05) is 5.56 Å². The summed E-state index contributed by atoms with van der Waals surface area (Å²) in [6, 6.07) is 21.2. The molecule has 1 N–H and O–H groups in total. The zero-order chi connectivity index (χ0) is 30.6. The molecule has 5 rings (SSSR count). The van der Waals surface area contributed by atoms with Crippen molar-refractivity contribution in [3.63, 3.8) is 0 Å². The van der Waals surface area contributed by atoms with Crippen molar-refractivity contribution in [2.24, 2.45) is 5.10 Å². The summed E-state index contributed by atoms with van der Waals surface area (Å²) in [7, 11) is 1.38. The third-order valence-electron chi connectivity index (χ3n) is 6.22. The summed E-state index contributed by atoms with van der Waals surface area (Å²) in [6.45, 7) is -0.434. The van der Waals surface area contributed by atoms with E-state index in [2.05, 4.69) is 15.4 Å². The van der Waals surface area contributed by atoms with Crippen molar-refractivity contribution in [2.75, 3.05) is 19.0 Å². The molecule has 0 fully saturated rings. The minimum atomic E-state index is -4.60. The van der Waals surface area contributed by atoms with Gasteiger partial charge in [0.05, 0.1) is 35.5 Å². The minimum absolute atomic E-state index is 0.0116. The fourth-order valence-corrected chi connectivity index (χ4v) is 4.15. The number of hydrogen-bond acceptors (Lipinski definition) is 6. The number of halogens is 4. The highest BCUT2D eigenvalue weighted by Crippen LogP contribution is 2.32. The molecule has 0 saturated heterocycles. The van der Waals surface area contributed by atoms with Gasteiger partial charge in [0.15, 0.2) is 23.9 Å². The summed E-state index contributed by atoms with van der Waals surface area (Å²) < 4.78 is 65.9. The largest absolute Gasteiger partial charge is 0.493 e. The van der Waals surface area contributed by atoms with E-state index < -0.39 is 35.6 Å². The van der Waals surface area contributed by atoms with Gasteiger partial charge in [-0.05, 0) is 60.2 Å². The number of hydrogen-bond donors (Lipinski definition) is 1. The van der Waals surface area contributed by atoms with Crippen LogP contribution in [-0.4, -0.2) is 35.5 Å². The summed E-state index contributed by atoms with van der Waals surface area (Å²) >= 11 is 0. The lowest BCUT2D eigenvalue weighted by Crippen LogP contribution is -2.21. The van der Waals surface area contributed by atoms with Gasteiger partial charge in [-0.25, -0.2) is 9.37 Å². The molecule has 1 heterocycles. The van der Waals surface area contributed by atoms with Gasteiger partial charge in [-0.3, -0.25) is 9.59 Å². The van der Waals surface area contributed by atoms with Gasteiger partial charge in [0.2, 0.25) is 0 Å². The van der Waals surface area contributed by atoms with Crippen molar-refractivity contribution in [1.29, 1.82) is 0 Å². The van der Waals surface area contributed by atoms with E-state index in [1.807, 2.05) is 0 Å². The molecule has 0 spiro atoms. The first-order valence-corrected chi connectivity index (χ1v) is 12.7. The number of ether oxygens (including phenoxy) is 2. The highest BCUT2D eigenvalue weighted by atomic mass is 19.4. The lowest BCUT2D eigenvalue weighted by molar-refractivity contribution is -0.137. The Labute approximate surface area is 241 Å². The number of carbonyl (C=O) groups excluding carboxylic acids is 1. The molecule has 0 unspecified atom stereocenters. The molecule has 5 aromatic rings. The van der Waals surface area contributed by atoms with E-state index in [0.717, 1.165) is 16.8 Å². The molecule has 0 aliphatic carbocycles. The molecule has 43 heavy (non-hydrogen) atoms. The van der Waals surface area contributed by atoms with Crippen LogP contribution in [0.5, 0.6) is 11.5 Å². The maximum Gasteiger partial charge on any atom is 0.416 e. The number of anilines is 1. The number of rotatable bonds is 8. The Morgan fingerprint density at radius 3 is 2.51 bits per heavy atom. The van der Waals surface area contributed by atoms with Crippen LogP contribution in [0.4, 0.5) is 23.2 Å². The molecule has 0 bridgehead atoms. The van der Waals surface area contributed by atoms with Crippen molar-refractivity contribution >= 4 is 28.7 Å². The zero-order valence-corrected chi connectivity index (χ0v) is 22.4. The Kier molecular flexibility index (Phi) is 8.19. The van der Waals surface area contributed by atoms with E-state index in [-0.39, 0.29) is 34.0 Å². The molecule has 12 heteroatoms. The highest BCUT2D eigenvalue weighted by Gasteiger charge is 2.31. The molecule has 0 radical (unpaired) electrons. The van der Waals surface area contributed by atoms with Crippen LogP contribution in [0.15, 0.2) is 101 Å². The van der Waals surface area contributed by atoms with E-state index in [1.54, 1.807) is 36.4 Å².